The molecule has 1 fully saturated rings. The van der Waals surface area contributed by atoms with Gasteiger partial charge in [-0.2, -0.15) is 0 Å². The number of hydrogen-bond donors (Lipinski definition) is 2. The molecule has 1 amide bonds. The van der Waals surface area contributed by atoms with Crippen LogP contribution in [0.4, 0.5) is 5.82 Å². The van der Waals surface area contributed by atoms with Gasteiger partial charge in [-0.25, -0.2) is 9.97 Å². The fourth-order valence-electron chi connectivity index (χ4n) is 2.63. The molecule has 0 spiro atoms. The average Bonchev–Trinajstić information content (AvgIpc) is 3.05. The molecule has 2 aromatic rings. The number of fused-ring (bicyclic) bond motifs is 1. The predicted octanol–water partition coefficient (Wildman–Crippen LogP) is 1.11. The number of nitrogens with one attached hydrogen (secondary N) is 2. The Morgan fingerprint density at radius 2 is 2.21 bits per heavy atom. The van der Waals surface area contributed by atoms with E-state index in [0.29, 0.717) is 6.54 Å². The van der Waals surface area contributed by atoms with Crippen molar-refractivity contribution < 1.29 is 9.53 Å². The van der Waals surface area contributed by atoms with E-state index >= 15 is 0 Å². The first-order valence-corrected chi connectivity index (χ1v) is 9.12. The summed E-state index contributed by atoms with van der Waals surface area (Å²) >= 11 is 1.67. The molecule has 1 aliphatic rings. The van der Waals surface area contributed by atoms with E-state index in [1.54, 1.807) is 11.3 Å². The third kappa shape index (κ3) is 4.40. The third-order valence-corrected chi connectivity index (χ3v) is 5.19. The Morgan fingerprint density at radius 1 is 1.38 bits per heavy atom. The Morgan fingerprint density at radius 3 is 3.00 bits per heavy atom. The first-order chi connectivity index (χ1) is 11.8. The summed E-state index contributed by atoms with van der Waals surface area (Å²) in [5.41, 5.74) is 0. The Kier molecular flexibility index (Phi) is 5.95. The Labute approximate surface area is 145 Å². The minimum Gasteiger partial charge on any atom is -0.379 e. The Bertz CT molecular complexity index is 684. The first-order valence-electron chi connectivity index (χ1n) is 8.30. The normalized spacial score (nSPS) is 15.5. The van der Waals surface area contributed by atoms with Crippen molar-refractivity contribution in [3.63, 3.8) is 0 Å². The molecule has 0 aromatic carbocycles. The number of carbonyl (C=O) groups is 1. The number of amides is 1. The maximum absolute atomic E-state index is 12.0. The quantitative estimate of drug-likeness (QED) is 0.780. The van der Waals surface area contributed by atoms with Crippen molar-refractivity contribution in [2.75, 3.05) is 51.3 Å². The molecule has 1 saturated heterocycles. The lowest BCUT2D eigenvalue weighted by molar-refractivity contribution is -0.119. The van der Waals surface area contributed by atoms with Gasteiger partial charge in [-0.15, -0.1) is 11.3 Å². The van der Waals surface area contributed by atoms with Crippen molar-refractivity contribution in [2.45, 2.75) is 13.3 Å². The second-order valence-electron chi connectivity index (χ2n) is 5.66. The summed E-state index contributed by atoms with van der Waals surface area (Å²) < 4.78 is 5.31. The summed E-state index contributed by atoms with van der Waals surface area (Å²) in [6.45, 7) is 7.27. The minimum atomic E-state index is -0.0269. The molecule has 3 heterocycles. The molecule has 0 atom stereocenters. The molecule has 0 radical (unpaired) electrons. The number of anilines is 1. The molecule has 0 saturated carbocycles. The number of rotatable bonds is 7. The van der Waals surface area contributed by atoms with Gasteiger partial charge >= 0.3 is 0 Å². The third-order valence-electron chi connectivity index (χ3n) is 4.00. The molecule has 2 N–H and O–H groups in total. The zero-order chi connectivity index (χ0) is 16.8. The molecular formula is C16H23N5O2S. The number of hydrogen-bond acceptors (Lipinski definition) is 7. The number of aryl methyl sites for hydroxylation is 1. The molecular weight excluding hydrogens is 326 g/mol. The van der Waals surface area contributed by atoms with Crippen molar-refractivity contribution in [1.82, 2.24) is 20.2 Å². The number of carbonyl (C=O) groups excluding carboxylic acids is 1. The van der Waals surface area contributed by atoms with Crippen molar-refractivity contribution in [2.24, 2.45) is 0 Å². The van der Waals surface area contributed by atoms with Crippen LogP contribution in [-0.4, -0.2) is 66.7 Å². The van der Waals surface area contributed by atoms with Crippen LogP contribution in [0.25, 0.3) is 10.2 Å². The maximum Gasteiger partial charge on any atom is 0.239 e. The molecule has 3 rings (SSSR count). The minimum absolute atomic E-state index is 0.0269. The maximum atomic E-state index is 12.0. The summed E-state index contributed by atoms with van der Waals surface area (Å²) in [5, 5.41) is 7.05. The van der Waals surface area contributed by atoms with Crippen molar-refractivity contribution in [3.8, 4) is 0 Å². The highest BCUT2D eigenvalue weighted by atomic mass is 32.1. The first kappa shape index (κ1) is 17.1. The fraction of sp³-hybridized carbons (Fsp3) is 0.562. The summed E-state index contributed by atoms with van der Waals surface area (Å²) in [4.78, 5) is 25.1. The number of ether oxygens (including phenoxy) is 1. The lowest BCUT2D eigenvalue weighted by atomic mass is 10.3. The zero-order valence-electron chi connectivity index (χ0n) is 13.9. The SMILES string of the molecule is CCc1cc2c(NCC(=O)NCCN3CCOCC3)ncnc2s1. The fourth-order valence-corrected chi connectivity index (χ4v) is 3.56. The van der Waals surface area contributed by atoms with Crippen LogP contribution in [0.2, 0.25) is 0 Å². The highest BCUT2D eigenvalue weighted by Gasteiger charge is 2.11. The van der Waals surface area contributed by atoms with Crippen LogP contribution in [0, 0.1) is 0 Å². The van der Waals surface area contributed by atoms with Crippen LogP contribution < -0.4 is 10.6 Å². The van der Waals surface area contributed by atoms with E-state index in [1.165, 1.54) is 11.2 Å². The van der Waals surface area contributed by atoms with Crippen LogP contribution in [0.5, 0.6) is 0 Å². The lowest BCUT2D eigenvalue weighted by Gasteiger charge is -2.26. The zero-order valence-corrected chi connectivity index (χ0v) is 14.7. The van der Waals surface area contributed by atoms with E-state index < -0.39 is 0 Å². The van der Waals surface area contributed by atoms with Gasteiger partial charge in [0.05, 0.1) is 25.1 Å². The predicted molar refractivity (Wildman–Crippen MR) is 95.6 cm³/mol. The number of aromatic nitrogens is 2. The van der Waals surface area contributed by atoms with Gasteiger partial charge in [0.2, 0.25) is 5.91 Å². The average molecular weight is 349 g/mol. The topological polar surface area (TPSA) is 79.4 Å². The highest BCUT2D eigenvalue weighted by molar-refractivity contribution is 7.18. The molecule has 130 valence electrons. The van der Waals surface area contributed by atoms with Gasteiger partial charge in [-0.3, -0.25) is 9.69 Å². The molecule has 0 unspecified atom stereocenters. The second-order valence-corrected chi connectivity index (χ2v) is 6.78. The van der Waals surface area contributed by atoms with Crippen LogP contribution in [0.15, 0.2) is 12.4 Å². The summed E-state index contributed by atoms with van der Waals surface area (Å²) in [5.74, 6) is 0.695. The summed E-state index contributed by atoms with van der Waals surface area (Å²) in [7, 11) is 0. The van der Waals surface area contributed by atoms with E-state index in [1.807, 2.05) is 0 Å². The Balaban J connectivity index is 1.46. The van der Waals surface area contributed by atoms with E-state index in [2.05, 4.69) is 38.5 Å². The van der Waals surface area contributed by atoms with Gasteiger partial charge < -0.3 is 15.4 Å². The molecule has 8 heteroatoms. The van der Waals surface area contributed by atoms with Gasteiger partial charge in [-0.05, 0) is 12.5 Å². The largest absolute Gasteiger partial charge is 0.379 e. The van der Waals surface area contributed by atoms with Gasteiger partial charge in [0, 0.05) is 31.1 Å². The van der Waals surface area contributed by atoms with Crippen LogP contribution >= 0.6 is 11.3 Å². The highest BCUT2D eigenvalue weighted by Crippen LogP contribution is 2.28. The molecule has 7 nitrogen and oxygen atoms in total. The van der Waals surface area contributed by atoms with E-state index in [0.717, 1.165) is 55.3 Å². The number of nitrogens with zero attached hydrogens (tertiary/aromatic N) is 3. The van der Waals surface area contributed by atoms with Gasteiger partial charge in [-0.1, -0.05) is 6.92 Å². The standard InChI is InChI=1S/C16H23N5O2S/c1-2-12-9-13-15(19-11-20-16(13)24-12)18-10-14(22)17-3-4-21-5-7-23-8-6-21/h9,11H,2-8,10H2,1H3,(H,17,22)(H,18,19,20). The van der Waals surface area contributed by atoms with E-state index in [-0.39, 0.29) is 12.5 Å². The molecule has 2 aromatic heterocycles. The summed E-state index contributed by atoms with van der Waals surface area (Å²) in [6.07, 6.45) is 2.51. The molecule has 0 aliphatic carbocycles. The van der Waals surface area contributed by atoms with Gasteiger partial charge in [0.15, 0.2) is 0 Å². The number of morpholine rings is 1. The smallest absolute Gasteiger partial charge is 0.239 e. The van der Waals surface area contributed by atoms with Crippen molar-refractivity contribution in [1.29, 1.82) is 0 Å². The van der Waals surface area contributed by atoms with Crippen LogP contribution in [0.3, 0.4) is 0 Å². The number of thiophene rings is 1. The van der Waals surface area contributed by atoms with Crippen LogP contribution in [0.1, 0.15) is 11.8 Å². The van der Waals surface area contributed by atoms with Gasteiger partial charge in [0.1, 0.15) is 17.0 Å². The molecule has 24 heavy (non-hydrogen) atoms. The van der Waals surface area contributed by atoms with Crippen LogP contribution in [-0.2, 0) is 16.0 Å². The van der Waals surface area contributed by atoms with Crippen molar-refractivity contribution in [3.05, 3.63) is 17.3 Å². The monoisotopic (exact) mass is 349 g/mol. The van der Waals surface area contributed by atoms with E-state index in [9.17, 15) is 4.79 Å². The second kappa shape index (κ2) is 8.36. The summed E-state index contributed by atoms with van der Waals surface area (Å²) in [6, 6.07) is 2.10. The molecule has 0 bridgehead atoms. The molecule has 1 aliphatic heterocycles. The lowest BCUT2D eigenvalue weighted by Crippen LogP contribution is -2.42. The van der Waals surface area contributed by atoms with Crippen molar-refractivity contribution >= 4 is 33.3 Å². The van der Waals surface area contributed by atoms with Gasteiger partial charge in [0.25, 0.3) is 0 Å². The van der Waals surface area contributed by atoms with E-state index in [4.69, 9.17) is 4.74 Å². The Hall–Kier alpha value is -1.77.